The molecule has 0 spiro atoms. The lowest BCUT2D eigenvalue weighted by Crippen LogP contribution is -2.10. The van der Waals surface area contributed by atoms with Crippen LogP contribution in [0.4, 0.5) is 0 Å². The van der Waals surface area contributed by atoms with E-state index in [1.165, 1.54) is 47.9 Å². The molecule has 0 aromatic heterocycles. The summed E-state index contributed by atoms with van der Waals surface area (Å²) in [5.74, 6) is 0.603. The third kappa shape index (κ3) is 3.75. The van der Waals surface area contributed by atoms with Gasteiger partial charge in [0.2, 0.25) is 0 Å². The average Bonchev–Trinajstić information content (AvgIpc) is 2.28. The van der Waals surface area contributed by atoms with Crippen molar-refractivity contribution in [1.29, 1.82) is 0 Å². The van der Waals surface area contributed by atoms with E-state index < -0.39 is 0 Å². The van der Waals surface area contributed by atoms with Crippen molar-refractivity contribution in [2.24, 2.45) is 5.92 Å². The lowest BCUT2D eigenvalue weighted by Gasteiger charge is -2.24. The number of hydrogen-bond acceptors (Lipinski definition) is 0. The highest BCUT2D eigenvalue weighted by molar-refractivity contribution is 6.21. The Bertz CT molecular complexity index is 358. The molecule has 0 saturated heterocycles. The fourth-order valence-electron chi connectivity index (χ4n) is 2.89. The van der Waals surface area contributed by atoms with Gasteiger partial charge in [-0.1, -0.05) is 50.8 Å². The minimum Gasteiger partial charge on any atom is -0.118 e. The Morgan fingerprint density at radius 2 is 1.61 bits per heavy atom. The summed E-state index contributed by atoms with van der Waals surface area (Å²) in [6.45, 7) is 11.0. The standard InChI is InChI=1S/C17H27Cl/c1-6-8-9-15(7-2)17(18)16-13(4)10-12(3)11-14(16)5/h10-11,15,17H,6-9H2,1-5H3. The molecule has 0 radical (unpaired) electrons. The summed E-state index contributed by atoms with van der Waals surface area (Å²) in [6, 6.07) is 4.51. The zero-order valence-electron chi connectivity index (χ0n) is 12.5. The highest BCUT2D eigenvalue weighted by Crippen LogP contribution is 2.38. The summed E-state index contributed by atoms with van der Waals surface area (Å²) in [7, 11) is 0. The number of rotatable bonds is 6. The maximum absolute atomic E-state index is 6.77. The largest absolute Gasteiger partial charge is 0.118 e. The number of aryl methyl sites for hydroxylation is 3. The number of hydrogen-bond donors (Lipinski definition) is 0. The topological polar surface area (TPSA) is 0 Å². The molecule has 0 saturated carbocycles. The van der Waals surface area contributed by atoms with Crippen LogP contribution in [0, 0.1) is 26.7 Å². The van der Waals surface area contributed by atoms with E-state index in [1.807, 2.05) is 0 Å². The van der Waals surface area contributed by atoms with Crippen molar-refractivity contribution in [2.75, 3.05) is 0 Å². The predicted octanol–water partition coefficient (Wildman–Crippen LogP) is 6.11. The molecule has 0 nitrogen and oxygen atoms in total. The summed E-state index contributed by atoms with van der Waals surface area (Å²) < 4.78 is 0. The van der Waals surface area contributed by atoms with Crippen molar-refractivity contribution in [3.05, 3.63) is 34.4 Å². The Hall–Kier alpha value is -0.490. The highest BCUT2D eigenvalue weighted by atomic mass is 35.5. The van der Waals surface area contributed by atoms with E-state index in [2.05, 4.69) is 46.8 Å². The van der Waals surface area contributed by atoms with Crippen molar-refractivity contribution < 1.29 is 0 Å². The molecular weight excluding hydrogens is 240 g/mol. The quantitative estimate of drug-likeness (QED) is 0.545. The third-order valence-electron chi connectivity index (χ3n) is 3.88. The molecule has 0 heterocycles. The molecule has 0 amide bonds. The molecule has 2 atom stereocenters. The fourth-order valence-corrected chi connectivity index (χ4v) is 3.53. The number of benzene rings is 1. The van der Waals surface area contributed by atoms with Crippen LogP contribution >= 0.6 is 11.6 Å². The van der Waals surface area contributed by atoms with E-state index in [1.54, 1.807) is 0 Å². The van der Waals surface area contributed by atoms with E-state index in [4.69, 9.17) is 11.6 Å². The first-order chi connectivity index (χ1) is 8.51. The van der Waals surface area contributed by atoms with E-state index in [-0.39, 0.29) is 5.38 Å². The maximum Gasteiger partial charge on any atom is 0.0618 e. The molecule has 102 valence electrons. The Labute approximate surface area is 118 Å². The van der Waals surface area contributed by atoms with Crippen LogP contribution in [0.15, 0.2) is 12.1 Å². The van der Waals surface area contributed by atoms with Gasteiger partial charge >= 0.3 is 0 Å². The zero-order chi connectivity index (χ0) is 13.7. The van der Waals surface area contributed by atoms with Crippen molar-refractivity contribution in [3.8, 4) is 0 Å². The summed E-state index contributed by atoms with van der Waals surface area (Å²) >= 11 is 6.77. The van der Waals surface area contributed by atoms with Gasteiger partial charge in [0.25, 0.3) is 0 Å². The number of unbranched alkanes of at least 4 members (excludes halogenated alkanes) is 1. The van der Waals surface area contributed by atoms with E-state index in [9.17, 15) is 0 Å². The fraction of sp³-hybridized carbons (Fsp3) is 0.647. The van der Waals surface area contributed by atoms with Crippen LogP contribution in [0.5, 0.6) is 0 Å². The second kappa shape index (κ2) is 7.19. The van der Waals surface area contributed by atoms with Gasteiger partial charge in [-0.15, -0.1) is 11.6 Å². The van der Waals surface area contributed by atoms with E-state index >= 15 is 0 Å². The molecule has 2 unspecified atom stereocenters. The second-order valence-corrected chi connectivity index (χ2v) is 5.99. The molecule has 0 aliphatic heterocycles. The minimum atomic E-state index is 0.169. The van der Waals surface area contributed by atoms with E-state index in [0.29, 0.717) is 5.92 Å². The van der Waals surface area contributed by atoms with Crippen LogP contribution in [0.25, 0.3) is 0 Å². The molecule has 0 aliphatic rings. The van der Waals surface area contributed by atoms with Crippen molar-refractivity contribution in [1.82, 2.24) is 0 Å². The average molecular weight is 267 g/mol. The number of halogens is 1. The minimum absolute atomic E-state index is 0.169. The summed E-state index contributed by atoms with van der Waals surface area (Å²) in [5, 5.41) is 0.169. The molecule has 0 aliphatic carbocycles. The van der Waals surface area contributed by atoms with Crippen LogP contribution in [0.1, 0.15) is 67.2 Å². The first kappa shape index (κ1) is 15.6. The van der Waals surface area contributed by atoms with E-state index in [0.717, 1.165) is 0 Å². The van der Waals surface area contributed by atoms with Crippen molar-refractivity contribution in [3.63, 3.8) is 0 Å². The third-order valence-corrected chi connectivity index (χ3v) is 4.46. The summed E-state index contributed by atoms with van der Waals surface area (Å²) in [4.78, 5) is 0. The smallest absolute Gasteiger partial charge is 0.0618 e. The molecule has 0 bridgehead atoms. The Morgan fingerprint density at radius 3 is 2.06 bits per heavy atom. The van der Waals surface area contributed by atoms with Gasteiger partial charge in [-0.25, -0.2) is 0 Å². The van der Waals surface area contributed by atoms with Gasteiger partial charge in [0.05, 0.1) is 5.38 Å². The zero-order valence-corrected chi connectivity index (χ0v) is 13.3. The molecule has 0 N–H and O–H groups in total. The molecule has 1 aromatic rings. The number of alkyl halides is 1. The Kier molecular flexibility index (Phi) is 6.21. The van der Waals surface area contributed by atoms with Gasteiger partial charge in [0, 0.05) is 0 Å². The van der Waals surface area contributed by atoms with Crippen LogP contribution in [0.2, 0.25) is 0 Å². The van der Waals surface area contributed by atoms with Crippen LogP contribution in [-0.4, -0.2) is 0 Å². The maximum atomic E-state index is 6.77. The highest BCUT2D eigenvalue weighted by Gasteiger charge is 2.22. The molecule has 18 heavy (non-hydrogen) atoms. The van der Waals surface area contributed by atoms with Gasteiger partial charge in [0.15, 0.2) is 0 Å². The van der Waals surface area contributed by atoms with Gasteiger partial charge in [0.1, 0.15) is 0 Å². The van der Waals surface area contributed by atoms with Crippen molar-refractivity contribution in [2.45, 2.75) is 65.7 Å². The molecular formula is C17H27Cl. The van der Waals surface area contributed by atoms with Crippen LogP contribution in [0.3, 0.4) is 0 Å². The second-order valence-electron chi connectivity index (χ2n) is 5.52. The van der Waals surface area contributed by atoms with Crippen molar-refractivity contribution >= 4 is 11.6 Å². The summed E-state index contributed by atoms with van der Waals surface area (Å²) in [5.41, 5.74) is 5.40. The Balaban J connectivity index is 2.97. The molecule has 1 heteroatoms. The SMILES string of the molecule is CCCCC(CC)C(Cl)c1c(C)cc(C)cc1C. The normalized spacial score (nSPS) is 14.6. The lowest BCUT2D eigenvalue weighted by molar-refractivity contribution is 0.435. The molecule has 1 aromatic carbocycles. The Morgan fingerprint density at radius 1 is 1.06 bits per heavy atom. The van der Waals surface area contributed by atoms with Gasteiger partial charge < -0.3 is 0 Å². The first-order valence-electron chi connectivity index (χ1n) is 7.23. The molecule has 1 rings (SSSR count). The molecule has 0 fully saturated rings. The monoisotopic (exact) mass is 266 g/mol. The summed E-state index contributed by atoms with van der Waals surface area (Å²) in [6.07, 6.45) is 4.95. The van der Waals surface area contributed by atoms with Crippen LogP contribution < -0.4 is 0 Å². The van der Waals surface area contributed by atoms with Gasteiger partial charge in [-0.2, -0.15) is 0 Å². The van der Waals surface area contributed by atoms with Gasteiger partial charge in [-0.3, -0.25) is 0 Å². The van der Waals surface area contributed by atoms with Gasteiger partial charge in [-0.05, 0) is 49.8 Å². The first-order valence-corrected chi connectivity index (χ1v) is 7.66. The predicted molar refractivity (Wildman–Crippen MR) is 82.6 cm³/mol. The van der Waals surface area contributed by atoms with Crippen LogP contribution in [-0.2, 0) is 0 Å². The lowest BCUT2D eigenvalue weighted by atomic mass is 9.87.